The van der Waals surface area contributed by atoms with Crippen LogP contribution in [0.15, 0.2) is 18.3 Å². The van der Waals surface area contributed by atoms with E-state index in [0.29, 0.717) is 5.82 Å². The van der Waals surface area contributed by atoms with E-state index in [-0.39, 0.29) is 6.61 Å². The maximum atomic E-state index is 8.56. The topological polar surface area (TPSA) is 59.1 Å². The van der Waals surface area contributed by atoms with Crippen molar-refractivity contribution in [1.29, 1.82) is 0 Å². The Labute approximate surface area is 82.4 Å². The van der Waals surface area contributed by atoms with Crippen molar-refractivity contribution in [3.8, 4) is 0 Å². The van der Waals surface area contributed by atoms with Crippen LogP contribution < -0.4 is 5.73 Å². The number of aromatic nitrogens is 1. The summed E-state index contributed by atoms with van der Waals surface area (Å²) in [6, 6.07) is 3.79. The third-order valence-corrected chi connectivity index (χ3v) is 2.68. The van der Waals surface area contributed by atoms with Gasteiger partial charge in [0.1, 0.15) is 5.82 Å². The van der Waals surface area contributed by atoms with Crippen LogP contribution in [0.25, 0.3) is 0 Å². The highest BCUT2D eigenvalue weighted by Crippen LogP contribution is 2.12. The second-order valence-corrected chi connectivity index (χ2v) is 3.83. The van der Waals surface area contributed by atoms with Crippen molar-refractivity contribution in [3.05, 3.63) is 23.9 Å². The Morgan fingerprint density at radius 3 is 2.92 bits per heavy atom. The number of thioether (sulfide) groups is 1. The molecular formula is C9H14N2OS. The van der Waals surface area contributed by atoms with Crippen LogP contribution in [0.4, 0.5) is 5.82 Å². The van der Waals surface area contributed by atoms with Crippen LogP contribution in [0.5, 0.6) is 0 Å². The number of hydrogen-bond donors (Lipinski definition) is 2. The van der Waals surface area contributed by atoms with E-state index >= 15 is 0 Å². The number of pyridine rings is 1. The maximum Gasteiger partial charge on any atom is 0.123 e. The van der Waals surface area contributed by atoms with Crippen molar-refractivity contribution >= 4 is 17.6 Å². The highest BCUT2D eigenvalue weighted by atomic mass is 32.2. The van der Waals surface area contributed by atoms with Crippen molar-refractivity contribution in [2.75, 3.05) is 18.1 Å². The average molecular weight is 198 g/mol. The molecule has 0 aliphatic heterocycles. The van der Waals surface area contributed by atoms with Crippen molar-refractivity contribution in [3.63, 3.8) is 0 Å². The van der Waals surface area contributed by atoms with Gasteiger partial charge in [-0.05, 0) is 23.8 Å². The van der Waals surface area contributed by atoms with E-state index in [1.807, 2.05) is 12.1 Å². The van der Waals surface area contributed by atoms with Crippen LogP contribution in [0.1, 0.15) is 12.0 Å². The lowest BCUT2D eigenvalue weighted by Gasteiger charge is -2.00. The molecule has 3 N–H and O–H groups in total. The largest absolute Gasteiger partial charge is 0.396 e. The maximum absolute atomic E-state index is 8.56. The predicted octanol–water partition coefficient (Wildman–Crippen LogP) is 1.28. The fourth-order valence-electron chi connectivity index (χ4n) is 0.878. The molecular weight excluding hydrogens is 184 g/mol. The quantitative estimate of drug-likeness (QED) is 0.700. The Bertz CT molecular complexity index is 238. The van der Waals surface area contributed by atoms with Gasteiger partial charge in [-0.15, -0.1) is 0 Å². The third-order valence-electron chi connectivity index (χ3n) is 1.56. The van der Waals surface area contributed by atoms with Crippen LogP contribution >= 0.6 is 11.8 Å². The first-order chi connectivity index (χ1) is 6.33. The summed E-state index contributed by atoms with van der Waals surface area (Å²) in [4.78, 5) is 3.99. The zero-order chi connectivity index (χ0) is 9.52. The molecule has 1 aromatic heterocycles. The molecule has 72 valence electrons. The minimum Gasteiger partial charge on any atom is -0.396 e. The summed E-state index contributed by atoms with van der Waals surface area (Å²) in [5.74, 6) is 2.48. The molecule has 0 aliphatic carbocycles. The van der Waals surface area contributed by atoms with E-state index in [9.17, 15) is 0 Å². The van der Waals surface area contributed by atoms with Gasteiger partial charge in [0.2, 0.25) is 0 Å². The smallest absolute Gasteiger partial charge is 0.123 e. The van der Waals surface area contributed by atoms with Crippen LogP contribution in [-0.4, -0.2) is 22.5 Å². The first kappa shape index (κ1) is 10.3. The lowest BCUT2D eigenvalue weighted by atomic mass is 10.3. The molecule has 0 aliphatic rings. The molecule has 1 rings (SSSR count). The molecule has 0 saturated heterocycles. The minimum atomic E-state index is 0.271. The van der Waals surface area contributed by atoms with Crippen molar-refractivity contribution in [1.82, 2.24) is 4.98 Å². The van der Waals surface area contributed by atoms with Crippen molar-refractivity contribution in [2.45, 2.75) is 12.2 Å². The van der Waals surface area contributed by atoms with Gasteiger partial charge in [-0.2, -0.15) is 11.8 Å². The Kier molecular flexibility index (Phi) is 4.64. The summed E-state index contributed by atoms with van der Waals surface area (Å²) in [6.45, 7) is 0.271. The fraction of sp³-hybridized carbons (Fsp3) is 0.444. The van der Waals surface area contributed by atoms with Crippen LogP contribution in [0, 0.1) is 0 Å². The Morgan fingerprint density at radius 2 is 2.31 bits per heavy atom. The lowest BCUT2D eigenvalue weighted by Crippen LogP contribution is -1.91. The van der Waals surface area contributed by atoms with Gasteiger partial charge in [-0.25, -0.2) is 4.98 Å². The molecule has 0 fully saturated rings. The van der Waals surface area contributed by atoms with Gasteiger partial charge < -0.3 is 10.8 Å². The summed E-state index contributed by atoms with van der Waals surface area (Å²) in [5, 5.41) is 8.56. The normalized spacial score (nSPS) is 10.2. The number of nitrogens with two attached hydrogens (primary N) is 1. The summed E-state index contributed by atoms with van der Waals surface area (Å²) in [6.07, 6.45) is 2.65. The second kappa shape index (κ2) is 5.83. The highest BCUT2D eigenvalue weighted by Gasteiger charge is 1.93. The Balaban J connectivity index is 2.25. The van der Waals surface area contributed by atoms with Crippen molar-refractivity contribution in [2.24, 2.45) is 0 Å². The lowest BCUT2D eigenvalue weighted by molar-refractivity contribution is 0.296. The van der Waals surface area contributed by atoms with Gasteiger partial charge in [0, 0.05) is 18.6 Å². The molecule has 4 heteroatoms. The zero-order valence-corrected chi connectivity index (χ0v) is 8.26. The van der Waals surface area contributed by atoms with Gasteiger partial charge in [-0.3, -0.25) is 0 Å². The minimum absolute atomic E-state index is 0.271. The number of hydrogen-bond acceptors (Lipinski definition) is 4. The number of rotatable bonds is 5. The van der Waals surface area contributed by atoms with Gasteiger partial charge in [-0.1, -0.05) is 6.07 Å². The van der Waals surface area contributed by atoms with Gasteiger partial charge in [0.25, 0.3) is 0 Å². The number of aliphatic hydroxyl groups is 1. The number of aliphatic hydroxyl groups excluding tert-OH is 1. The molecule has 0 atom stereocenters. The molecule has 0 amide bonds. The van der Waals surface area contributed by atoms with E-state index in [1.54, 1.807) is 18.0 Å². The molecule has 0 unspecified atom stereocenters. The molecule has 1 heterocycles. The Morgan fingerprint density at radius 1 is 1.46 bits per heavy atom. The standard InChI is InChI=1S/C9H14N2OS/c10-9-3-2-8(6-11-9)7-13-5-1-4-12/h2-3,6,12H,1,4-5,7H2,(H2,10,11). The van der Waals surface area contributed by atoms with E-state index in [2.05, 4.69) is 4.98 Å². The molecule has 0 radical (unpaired) electrons. The average Bonchev–Trinajstić information content (AvgIpc) is 2.15. The van der Waals surface area contributed by atoms with Gasteiger partial charge in [0.15, 0.2) is 0 Å². The first-order valence-electron chi connectivity index (χ1n) is 4.22. The second-order valence-electron chi connectivity index (χ2n) is 2.72. The van der Waals surface area contributed by atoms with E-state index < -0.39 is 0 Å². The van der Waals surface area contributed by atoms with Crippen LogP contribution in [-0.2, 0) is 5.75 Å². The molecule has 1 aromatic rings. The molecule has 3 nitrogen and oxygen atoms in total. The fourth-order valence-corrected chi connectivity index (χ4v) is 1.76. The number of nitrogens with zero attached hydrogens (tertiary/aromatic N) is 1. The van der Waals surface area contributed by atoms with Gasteiger partial charge >= 0.3 is 0 Å². The highest BCUT2D eigenvalue weighted by molar-refractivity contribution is 7.98. The summed E-state index contributed by atoms with van der Waals surface area (Å²) in [5.41, 5.74) is 6.63. The molecule has 0 saturated carbocycles. The molecule has 13 heavy (non-hydrogen) atoms. The predicted molar refractivity (Wildman–Crippen MR) is 56.5 cm³/mol. The summed E-state index contributed by atoms with van der Waals surface area (Å²) in [7, 11) is 0. The Hall–Kier alpha value is -0.740. The summed E-state index contributed by atoms with van der Waals surface area (Å²) < 4.78 is 0. The van der Waals surface area contributed by atoms with Crippen LogP contribution in [0.3, 0.4) is 0 Å². The van der Waals surface area contributed by atoms with Crippen molar-refractivity contribution < 1.29 is 5.11 Å². The van der Waals surface area contributed by atoms with E-state index in [4.69, 9.17) is 10.8 Å². The van der Waals surface area contributed by atoms with E-state index in [0.717, 1.165) is 17.9 Å². The molecule has 0 aromatic carbocycles. The summed E-state index contributed by atoms with van der Waals surface area (Å²) >= 11 is 1.80. The van der Waals surface area contributed by atoms with E-state index in [1.165, 1.54) is 5.56 Å². The monoisotopic (exact) mass is 198 g/mol. The van der Waals surface area contributed by atoms with Crippen LogP contribution in [0.2, 0.25) is 0 Å². The zero-order valence-electron chi connectivity index (χ0n) is 7.44. The molecule has 0 spiro atoms. The first-order valence-corrected chi connectivity index (χ1v) is 5.37. The number of nitrogen functional groups attached to an aromatic ring is 1. The molecule has 0 bridgehead atoms. The van der Waals surface area contributed by atoms with Gasteiger partial charge in [0.05, 0.1) is 0 Å². The SMILES string of the molecule is Nc1ccc(CSCCCO)cn1. The number of anilines is 1. The third kappa shape index (κ3) is 4.15.